The minimum Gasteiger partial charge on any atom is -0.271 e. The molecule has 0 amide bonds. The van der Waals surface area contributed by atoms with E-state index in [1.807, 2.05) is 18.2 Å². The van der Waals surface area contributed by atoms with E-state index in [2.05, 4.69) is 40.1 Å². The van der Waals surface area contributed by atoms with Gasteiger partial charge in [0.05, 0.1) is 0 Å². The summed E-state index contributed by atoms with van der Waals surface area (Å²) in [5.41, 5.74) is 4.06. The van der Waals surface area contributed by atoms with E-state index in [1.54, 1.807) is 0 Å². The van der Waals surface area contributed by atoms with E-state index >= 15 is 0 Å². The Morgan fingerprint density at radius 3 is 2.57 bits per heavy atom. The molecule has 0 aliphatic rings. The van der Waals surface area contributed by atoms with Crippen molar-refractivity contribution in [2.75, 3.05) is 0 Å². The van der Waals surface area contributed by atoms with E-state index in [0.717, 1.165) is 17.3 Å². The van der Waals surface area contributed by atoms with Crippen LogP contribution in [0.2, 0.25) is 0 Å². The van der Waals surface area contributed by atoms with E-state index in [9.17, 15) is 0 Å². The van der Waals surface area contributed by atoms with Gasteiger partial charge >= 0.3 is 0 Å². The molecule has 0 saturated carbocycles. The molecule has 1 aromatic carbocycles. The van der Waals surface area contributed by atoms with E-state index in [1.165, 1.54) is 5.56 Å². The van der Waals surface area contributed by atoms with Crippen LogP contribution in [0.1, 0.15) is 12.0 Å². The SMILES string of the molecule is C=CCC(Cc1ccc(Br)cc1)NN. The molecule has 3 N–H and O–H groups in total. The van der Waals surface area contributed by atoms with Crippen LogP contribution in [-0.4, -0.2) is 6.04 Å². The van der Waals surface area contributed by atoms with E-state index in [-0.39, 0.29) is 6.04 Å². The van der Waals surface area contributed by atoms with Crippen LogP contribution >= 0.6 is 15.9 Å². The topological polar surface area (TPSA) is 38.0 Å². The normalized spacial score (nSPS) is 12.4. The molecule has 0 aliphatic carbocycles. The highest BCUT2D eigenvalue weighted by molar-refractivity contribution is 9.10. The maximum atomic E-state index is 5.43. The lowest BCUT2D eigenvalue weighted by Crippen LogP contribution is -2.36. The zero-order valence-corrected chi connectivity index (χ0v) is 9.63. The van der Waals surface area contributed by atoms with Crippen molar-refractivity contribution in [1.82, 2.24) is 5.43 Å². The third-order valence-corrected chi connectivity index (χ3v) is 2.61. The van der Waals surface area contributed by atoms with Crippen LogP contribution < -0.4 is 11.3 Å². The van der Waals surface area contributed by atoms with Gasteiger partial charge in [0.25, 0.3) is 0 Å². The van der Waals surface area contributed by atoms with Crippen molar-refractivity contribution >= 4 is 15.9 Å². The fraction of sp³-hybridized carbons (Fsp3) is 0.273. The molecule has 0 fully saturated rings. The first-order valence-corrected chi connectivity index (χ1v) is 5.37. The summed E-state index contributed by atoms with van der Waals surface area (Å²) >= 11 is 3.40. The van der Waals surface area contributed by atoms with Crippen LogP contribution in [0.5, 0.6) is 0 Å². The predicted octanol–water partition coefficient (Wildman–Crippen LogP) is 2.40. The van der Waals surface area contributed by atoms with Crippen molar-refractivity contribution in [2.24, 2.45) is 5.84 Å². The number of nitrogens with two attached hydrogens (primary N) is 1. The Labute approximate surface area is 93.3 Å². The average molecular weight is 255 g/mol. The lowest BCUT2D eigenvalue weighted by molar-refractivity contribution is 0.531. The molecule has 0 spiro atoms. The fourth-order valence-corrected chi connectivity index (χ4v) is 1.58. The Morgan fingerprint density at radius 2 is 2.07 bits per heavy atom. The highest BCUT2D eigenvalue weighted by Crippen LogP contribution is 2.12. The molecular formula is C11H15BrN2. The zero-order valence-electron chi connectivity index (χ0n) is 8.04. The summed E-state index contributed by atoms with van der Waals surface area (Å²) in [4.78, 5) is 0. The molecule has 0 saturated heterocycles. The number of benzene rings is 1. The van der Waals surface area contributed by atoms with Gasteiger partial charge in [-0.3, -0.25) is 11.3 Å². The second-order valence-electron chi connectivity index (χ2n) is 3.22. The Hall–Kier alpha value is -0.640. The molecule has 1 atom stereocenters. The maximum Gasteiger partial charge on any atom is 0.0285 e. The average Bonchev–Trinajstić information content (AvgIpc) is 2.20. The number of hydrazine groups is 1. The second-order valence-corrected chi connectivity index (χ2v) is 4.13. The summed E-state index contributed by atoms with van der Waals surface area (Å²) in [7, 11) is 0. The van der Waals surface area contributed by atoms with Crippen LogP contribution in [0, 0.1) is 0 Å². The number of hydrogen-bond donors (Lipinski definition) is 2. The Bertz CT molecular complexity index is 282. The quantitative estimate of drug-likeness (QED) is 0.481. The maximum absolute atomic E-state index is 5.43. The summed E-state index contributed by atoms with van der Waals surface area (Å²) in [6, 6.07) is 8.54. The third kappa shape index (κ3) is 3.62. The molecular weight excluding hydrogens is 240 g/mol. The fourth-order valence-electron chi connectivity index (χ4n) is 1.32. The largest absolute Gasteiger partial charge is 0.271 e. The van der Waals surface area contributed by atoms with Gasteiger partial charge < -0.3 is 0 Å². The minimum atomic E-state index is 0.272. The summed E-state index contributed by atoms with van der Waals surface area (Å²) < 4.78 is 1.10. The molecule has 0 aromatic heterocycles. The van der Waals surface area contributed by atoms with Gasteiger partial charge in [-0.15, -0.1) is 6.58 Å². The van der Waals surface area contributed by atoms with E-state index in [0.29, 0.717) is 0 Å². The summed E-state index contributed by atoms with van der Waals surface area (Å²) in [5, 5.41) is 0. The van der Waals surface area contributed by atoms with Gasteiger partial charge in [0.1, 0.15) is 0 Å². The molecule has 0 bridgehead atoms. The van der Waals surface area contributed by atoms with Gasteiger partial charge in [0.2, 0.25) is 0 Å². The van der Waals surface area contributed by atoms with Crippen LogP contribution in [-0.2, 0) is 6.42 Å². The first-order chi connectivity index (χ1) is 6.76. The van der Waals surface area contributed by atoms with Crippen molar-refractivity contribution in [3.63, 3.8) is 0 Å². The molecule has 0 radical (unpaired) electrons. The van der Waals surface area contributed by atoms with Crippen molar-refractivity contribution < 1.29 is 0 Å². The van der Waals surface area contributed by atoms with E-state index in [4.69, 9.17) is 5.84 Å². The van der Waals surface area contributed by atoms with Crippen molar-refractivity contribution in [1.29, 1.82) is 0 Å². The summed E-state index contributed by atoms with van der Waals surface area (Å²) in [6.45, 7) is 3.70. The molecule has 3 heteroatoms. The van der Waals surface area contributed by atoms with Crippen molar-refractivity contribution in [3.05, 3.63) is 47.0 Å². The highest BCUT2D eigenvalue weighted by Gasteiger charge is 2.04. The van der Waals surface area contributed by atoms with Gasteiger partial charge in [-0.1, -0.05) is 34.1 Å². The molecule has 0 heterocycles. The minimum absolute atomic E-state index is 0.272. The van der Waals surface area contributed by atoms with Gasteiger partial charge in [0.15, 0.2) is 0 Å². The van der Waals surface area contributed by atoms with Gasteiger partial charge in [-0.2, -0.15) is 0 Å². The monoisotopic (exact) mass is 254 g/mol. The standard InChI is InChI=1S/C11H15BrN2/c1-2-3-11(14-13)8-9-4-6-10(12)7-5-9/h2,4-7,11,14H,1,3,8,13H2. The molecule has 0 aliphatic heterocycles. The van der Waals surface area contributed by atoms with Crippen LogP contribution in [0.15, 0.2) is 41.4 Å². The number of rotatable bonds is 5. The Balaban J connectivity index is 2.57. The second kappa shape index (κ2) is 5.96. The number of nitrogens with one attached hydrogen (secondary N) is 1. The Kier molecular flexibility index (Phi) is 4.87. The van der Waals surface area contributed by atoms with E-state index < -0.39 is 0 Å². The molecule has 1 rings (SSSR count). The van der Waals surface area contributed by atoms with Crippen LogP contribution in [0.25, 0.3) is 0 Å². The van der Waals surface area contributed by atoms with Crippen LogP contribution in [0.3, 0.4) is 0 Å². The highest BCUT2D eigenvalue weighted by atomic mass is 79.9. The molecule has 14 heavy (non-hydrogen) atoms. The number of halogens is 1. The molecule has 1 unspecified atom stereocenters. The van der Waals surface area contributed by atoms with Crippen molar-refractivity contribution in [2.45, 2.75) is 18.9 Å². The predicted molar refractivity (Wildman–Crippen MR) is 63.8 cm³/mol. The molecule has 2 nitrogen and oxygen atoms in total. The molecule has 1 aromatic rings. The Morgan fingerprint density at radius 1 is 1.43 bits per heavy atom. The van der Waals surface area contributed by atoms with Crippen molar-refractivity contribution in [3.8, 4) is 0 Å². The first kappa shape index (κ1) is 11.4. The third-order valence-electron chi connectivity index (χ3n) is 2.08. The summed E-state index contributed by atoms with van der Waals surface area (Å²) in [5.74, 6) is 5.43. The number of hydrogen-bond acceptors (Lipinski definition) is 2. The lowest BCUT2D eigenvalue weighted by atomic mass is 10.0. The lowest BCUT2D eigenvalue weighted by Gasteiger charge is -2.13. The smallest absolute Gasteiger partial charge is 0.0285 e. The van der Waals surface area contributed by atoms with Crippen LogP contribution in [0.4, 0.5) is 0 Å². The van der Waals surface area contributed by atoms with Gasteiger partial charge in [0, 0.05) is 10.5 Å². The summed E-state index contributed by atoms with van der Waals surface area (Å²) in [6.07, 6.45) is 3.69. The van der Waals surface area contributed by atoms with Gasteiger partial charge in [-0.05, 0) is 30.5 Å². The van der Waals surface area contributed by atoms with Gasteiger partial charge in [-0.25, -0.2) is 0 Å². The molecule has 76 valence electrons. The first-order valence-electron chi connectivity index (χ1n) is 4.57. The zero-order chi connectivity index (χ0) is 10.4.